The number of aliphatic hydroxyl groups is 1. The summed E-state index contributed by atoms with van der Waals surface area (Å²) in [5.74, 6) is 3.09. The molecule has 134 valence electrons. The molecule has 0 spiro atoms. The van der Waals surface area contributed by atoms with Crippen molar-refractivity contribution >= 4 is 0 Å². The van der Waals surface area contributed by atoms with Crippen LogP contribution in [0.3, 0.4) is 0 Å². The molecule has 0 bridgehead atoms. The highest BCUT2D eigenvalue weighted by Gasteiger charge is 2.33. The lowest BCUT2D eigenvalue weighted by molar-refractivity contribution is 0.0197. The Morgan fingerprint density at radius 2 is 1.56 bits per heavy atom. The van der Waals surface area contributed by atoms with E-state index in [1.54, 1.807) is 40.6 Å². The van der Waals surface area contributed by atoms with Crippen LogP contribution in [0.4, 0.5) is 0 Å². The molecule has 2 aromatic carbocycles. The monoisotopic (exact) mass is 346 g/mol. The Kier molecular flexibility index (Phi) is 4.90. The van der Waals surface area contributed by atoms with Crippen LogP contribution in [-0.4, -0.2) is 39.6 Å². The molecule has 1 aliphatic rings. The molecule has 3 rings (SSSR count). The molecule has 0 aliphatic carbocycles. The van der Waals surface area contributed by atoms with Gasteiger partial charge in [-0.25, -0.2) is 0 Å². The topological polar surface area (TPSA) is 66.4 Å². The van der Waals surface area contributed by atoms with E-state index in [2.05, 4.69) is 0 Å². The van der Waals surface area contributed by atoms with Gasteiger partial charge in [-0.3, -0.25) is 0 Å². The Morgan fingerprint density at radius 1 is 0.880 bits per heavy atom. The van der Waals surface area contributed by atoms with Gasteiger partial charge in [-0.2, -0.15) is 0 Å². The van der Waals surface area contributed by atoms with Crippen molar-refractivity contribution in [3.63, 3.8) is 0 Å². The Hall–Kier alpha value is -2.60. The minimum atomic E-state index is -0.730. The van der Waals surface area contributed by atoms with E-state index in [0.29, 0.717) is 35.2 Å². The fourth-order valence-electron chi connectivity index (χ4n) is 3.13. The van der Waals surface area contributed by atoms with Crippen LogP contribution < -0.4 is 23.7 Å². The highest BCUT2D eigenvalue weighted by Crippen LogP contribution is 2.44. The Morgan fingerprint density at radius 3 is 2.20 bits per heavy atom. The van der Waals surface area contributed by atoms with Gasteiger partial charge in [-0.05, 0) is 29.8 Å². The van der Waals surface area contributed by atoms with Gasteiger partial charge < -0.3 is 28.8 Å². The number of aliphatic hydroxyl groups excluding tert-OH is 1. The van der Waals surface area contributed by atoms with E-state index in [1.165, 1.54) is 0 Å². The number of hydrogen-bond donors (Lipinski definition) is 1. The van der Waals surface area contributed by atoms with Crippen LogP contribution in [0, 0.1) is 0 Å². The summed E-state index contributed by atoms with van der Waals surface area (Å²) < 4.78 is 27.4. The van der Waals surface area contributed by atoms with Gasteiger partial charge in [-0.15, -0.1) is 0 Å². The fourth-order valence-corrected chi connectivity index (χ4v) is 3.13. The Balaban J connectivity index is 1.97. The van der Waals surface area contributed by atoms with Gasteiger partial charge in [0.05, 0.1) is 34.5 Å². The molecule has 2 atom stereocenters. The van der Waals surface area contributed by atoms with Crippen LogP contribution in [0.15, 0.2) is 30.3 Å². The first-order chi connectivity index (χ1) is 12.1. The van der Waals surface area contributed by atoms with Gasteiger partial charge in [0.25, 0.3) is 0 Å². The van der Waals surface area contributed by atoms with E-state index in [1.807, 2.05) is 18.2 Å². The highest BCUT2D eigenvalue weighted by atomic mass is 16.5. The van der Waals surface area contributed by atoms with E-state index < -0.39 is 12.2 Å². The quantitative estimate of drug-likeness (QED) is 0.898. The zero-order valence-corrected chi connectivity index (χ0v) is 14.7. The Labute approximate surface area is 146 Å². The molecule has 1 aliphatic heterocycles. The molecule has 2 unspecified atom stereocenters. The fraction of sp³-hybridized carbons (Fsp3) is 0.368. The van der Waals surface area contributed by atoms with Crippen molar-refractivity contribution in [2.24, 2.45) is 0 Å². The lowest BCUT2D eigenvalue weighted by Crippen LogP contribution is -2.30. The zero-order valence-electron chi connectivity index (χ0n) is 14.7. The maximum absolute atomic E-state index is 10.6. The van der Waals surface area contributed by atoms with Crippen molar-refractivity contribution in [2.75, 3.05) is 28.4 Å². The molecule has 1 N–H and O–H groups in total. The van der Waals surface area contributed by atoms with Gasteiger partial charge in [-0.1, -0.05) is 6.07 Å². The molecule has 0 aromatic heterocycles. The van der Waals surface area contributed by atoms with Crippen molar-refractivity contribution in [2.45, 2.75) is 18.6 Å². The smallest absolute Gasteiger partial charge is 0.167 e. The van der Waals surface area contributed by atoms with Crippen LogP contribution in [0.5, 0.6) is 28.7 Å². The first-order valence-corrected chi connectivity index (χ1v) is 7.93. The van der Waals surface area contributed by atoms with E-state index in [4.69, 9.17) is 23.7 Å². The summed E-state index contributed by atoms with van der Waals surface area (Å²) in [5, 5.41) is 10.6. The molecule has 0 radical (unpaired) electrons. The summed E-state index contributed by atoms with van der Waals surface area (Å²) in [4.78, 5) is 0. The molecule has 0 fully saturated rings. The van der Waals surface area contributed by atoms with Gasteiger partial charge in [0.15, 0.2) is 23.0 Å². The summed E-state index contributed by atoms with van der Waals surface area (Å²) in [6.07, 6.45) is -0.841. The maximum Gasteiger partial charge on any atom is 0.167 e. The van der Waals surface area contributed by atoms with Gasteiger partial charge in [0.1, 0.15) is 11.9 Å². The molecule has 0 amide bonds. The lowest BCUT2D eigenvalue weighted by Gasteiger charge is -2.32. The SMILES string of the molecule is COc1ccc(C2Oc3ccc(OC)c(OC)c3CC2O)cc1OC. The average Bonchev–Trinajstić information content (AvgIpc) is 2.65. The normalized spacial score (nSPS) is 18.8. The first-order valence-electron chi connectivity index (χ1n) is 7.93. The van der Waals surface area contributed by atoms with E-state index in [-0.39, 0.29) is 0 Å². The molecule has 6 heteroatoms. The summed E-state index contributed by atoms with van der Waals surface area (Å²) >= 11 is 0. The molecular weight excluding hydrogens is 324 g/mol. The second-order valence-corrected chi connectivity index (χ2v) is 5.70. The highest BCUT2D eigenvalue weighted by molar-refractivity contribution is 5.55. The van der Waals surface area contributed by atoms with E-state index in [9.17, 15) is 5.11 Å². The largest absolute Gasteiger partial charge is 0.493 e. The number of methoxy groups -OCH3 is 4. The molecule has 0 saturated carbocycles. The zero-order chi connectivity index (χ0) is 18.0. The van der Waals surface area contributed by atoms with Crippen molar-refractivity contribution in [3.05, 3.63) is 41.5 Å². The predicted molar refractivity (Wildman–Crippen MR) is 92.2 cm³/mol. The summed E-state index contributed by atoms with van der Waals surface area (Å²) in [5.41, 5.74) is 1.61. The predicted octanol–water partition coefficient (Wildman–Crippen LogP) is 2.76. The minimum Gasteiger partial charge on any atom is -0.493 e. The van der Waals surface area contributed by atoms with Crippen LogP contribution >= 0.6 is 0 Å². The van der Waals surface area contributed by atoms with Gasteiger partial charge >= 0.3 is 0 Å². The molecule has 6 nitrogen and oxygen atoms in total. The number of benzene rings is 2. The van der Waals surface area contributed by atoms with Gasteiger partial charge in [0, 0.05) is 12.0 Å². The molecule has 1 heterocycles. The number of rotatable bonds is 5. The Bertz CT molecular complexity index is 758. The first kappa shape index (κ1) is 17.2. The lowest BCUT2D eigenvalue weighted by atomic mass is 9.93. The third kappa shape index (κ3) is 3.05. The number of ether oxygens (including phenoxy) is 5. The summed E-state index contributed by atoms with van der Waals surface area (Å²) in [6, 6.07) is 9.10. The standard InChI is InChI=1S/C19H22O6/c1-21-15-6-5-11(9-17(15)23-3)18-13(20)10-12-14(25-18)7-8-16(22-2)19(12)24-4/h5-9,13,18,20H,10H2,1-4H3. The van der Waals surface area contributed by atoms with Crippen molar-refractivity contribution in [3.8, 4) is 28.7 Å². The van der Waals surface area contributed by atoms with Crippen LogP contribution in [0.25, 0.3) is 0 Å². The molecule has 2 aromatic rings. The average molecular weight is 346 g/mol. The van der Waals surface area contributed by atoms with Crippen molar-refractivity contribution in [1.82, 2.24) is 0 Å². The molecular formula is C19H22O6. The van der Waals surface area contributed by atoms with Crippen LogP contribution in [0.2, 0.25) is 0 Å². The van der Waals surface area contributed by atoms with E-state index in [0.717, 1.165) is 11.1 Å². The van der Waals surface area contributed by atoms with Crippen LogP contribution in [-0.2, 0) is 6.42 Å². The third-order valence-electron chi connectivity index (χ3n) is 4.36. The summed E-state index contributed by atoms with van der Waals surface area (Å²) in [7, 11) is 6.31. The van der Waals surface area contributed by atoms with Crippen molar-refractivity contribution < 1.29 is 28.8 Å². The molecule has 0 saturated heterocycles. The van der Waals surface area contributed by atoms with Crippen LogP contribution in [0.1, 0.15) is 17.2 Å². The number of hydrogen-bond acceptors (Lipinski definition) is 6. The number of fused-ring (bicyclic) bond motifs is 1. The van der Waals surface area contributed by atoms with Gasteiger partial charge in [0.2, 0.25) is 0 Å². The second-order valence-electron chi connectivity index (χ2n) is 5.70. The molecule has 25 heavy (non-hydrogen) atoms. The minimum absolute atomic E-state index is 0.398. The van der Waals surface area contributed by atoms with Crippen molar-refractivity contribution in [1.29, 1.82) is 0 Å². The van der Waals surface area contributed by atoms with E-state index >= 15 is 0 Å². The maximum atomic E-state index is 10.6. The third-order valence-corrected chi connectivity index (χ3v) is 4.36. The summed E-state index contributed by atoms with van der Waals surface area (Å²) in [6.45, 7) is 0. The second kappa shape index (κ2) is 7.11.